The highest BCUT2D eigenvalue weighted by molar-refractivity contribution is 7.86. The molecule has 9 nitrogen and oxygen atoms in total. The lowest BCUT2D eigenvalue weighted by atomic mass is 10.1. The van der Waals surface area contributed by atoms with E-state index in [1.807, 2.05) is 0 Å². The van der Waals surface area contributed by atoms with Gasteiger partial charge in [0.25, 0.3) is 0 Å². The number of rotatable bonds is 5. The van der Waals surface area contributed by atoms with Crippen molar-refractivity contribution in [2.75, 3.05) is 23.8 Å². The van der Waals surface area contributed by atoms with Crippen LogP contribution in [0.5, 0.6) is 0 Å². The van der Waals surface area contributed by atoms with Crippen molar-refractivity contribution < 1.29 is 31.0 Å². The summed E-state index contributed by atoms with van der Waals surface area (Å²) in [6.07, 6.45) is -0.153. The lowest BCUT2D eigenvalue weighted by Gasteiger charge is -2.09. The Kier molecular flexibility index (Phi) is 4.21. The van der Waals surface area contributed by atoms with E-state index in [9.17, 15) is 21.9 Å². The molecule has 11 heteroatoms. The minimum Gasteiger partial charge on any atom is -0.459 e. The number of halogens is 1. The molecule has 1 aromatic heterocycles. The number of hydrogen-bond donors (Lipinski definition) is 0. The molecule has 0 aliphatic carbocycles. The van der Waals surface area contributed by atoms with Crippen LogP contribution in [0.15, 0.2) is 4.42 Å². The summed E-state index contributed by atoms with van der Waals surface area (Å²) in [5.41, 5.74) is 0. The molecular formula is C10H12FN3O6S. The van der Waals surface area contributed by atoms with Crippen LogP contribution in [0.4, 0.5) is 9.90 Å². The number of nitrogens with zero attached hydrogens (tertiary/aromatic N) is 3. The predicted octanol–water partition coefficient (Wildman–Crippen LogP) is -0.102. The molecule has 2 rings (SSSR count). The summed E-state index contributed by atoms with van der Waals surface area (Å²) in [7, 11) is -4.67. The number of aromatic nitrogens is 2. The van der Waals surface area contributed by atoms with Crippen LogP contribution in [0.3, 0.4) is 0 Å². The van der Waals surface area contributed by atoms with Crippen molar-refractivity contribution >= 4 is 28.1 Å². The van der Waals surface area contributed by atoms with Crippen LogP contribution in [-0.2, 0) is 19.8 Å². The summed E-state index contributed by atoms with van der Waals surface area (Å²) >= 11 is 0. The molecule has 0 aromatic carbocycles. The average Bonchev–Trinajstić information content (AvgIpc) is 2.94. The number of anilines is 1. The van der Waals surface area contributed by atoms with Gasteiger partial charge in [0, 0.05) is 18.9 Å². The number of ether oxygens (including phenoxy) is 1. The highest BCUT2D eigenvalue weighted by Gasteiger charge is 2.36. The van der Waals surface area contributed by atoms with Crippen LogP contribution >= 0.6 is 0 Å². The average molecular weight is 321 g/mol. The zero-order valence-electron chi connectivity index (χ0n) is 11.0. The lowest BCUT2D eigenvalue weighted by Crippen LogP contribution is -2.25. The van der Waals surface area contributed by atoms with E-state index in [2.05, 4.69) is 14.9 Å². The predicted molar refractivity (Wildman–Crippen MR) is 65.6 cm³/mol. The quantitative estimate of drug-likeness (QED) is 0.544. The molecule has 1 aliphatic heterocycles. The molecule has 1 atom stereocenters. The van der Waals surface area contributed by atoms with E-state index in [-0.39, 0.29) is 25.6 Å². The molecule has 1 unspecified atom stereocenters. The second-order valence-corrected chi connectivity index (χ2v) is 5.80. The van der Waals surface area contributed by atoms with Gasteiger partial charge in [-0.2, -0.15) is 8.42 Å². The standard InChI is InChI=1S/C10H12FN3O6S/c1-2-19-9(16)8-12-13-10(20-8)14-4-6(3-7(14)15)5-21(11,17)18/h6H,2-5H2,1H3. The fraction of sp³-hybridized carbons (Fsp3) is 0.600. The van der Waals surface area contributed by atoms with E-state index in [0.29, 0.717) is 0 Å². The molecule has 21 heavy (non-hydrogen) atoms. The lowest BCUT2D eigenvalue weighted by molar-refractivity contribution is -0.117. The van der Waals surface area contributed by atoms with Crippen molar-refractivity contribution in [2.45, 2.75) is 13.3 Å². The number of esters is 1. The molecule has 2 heterocycles. The van der Waals surface area contributed by atoms with E-state index < -0.39 is 39.7 Å². The molecule has 0 spiro atoms. The minimum atomic E-state index is -4.67. The summed E-state index contributed by atoms with van der Waals surface area (Å²) in [4.78, 5) is 24.1. The first-order chi connectivity index (χ1) is 9.80. The van der Waals surface area contributed by atoms with E-state index in [4.69, 9.17) is 4.42 Å². The minimum absolute atomic E-state index is 0.0769. The molecule has 1 fully saturated rings. The van der Waals surface area contributed by atoms with Crippen LogP contribution in [0.1, 0.15) is 24.0 Å². The Hall–Kier alpha value is -2.04. The second-order valence-electron chi connectivity index (χ2n) is 4.39. The third kappa shape index (κ3) is 3.74. The number of carbonyl (C=O) groups is 2. The van der Waals surface area contributed by atoms with Crippen LogP contribution < -0.4 is 4.90 Å². The van der Waals surface area contributed by atoms with Gasteiger partial charge in [0.2, 0.25) is 5.91 Å². The maximum absolute atomic E-state index is 12.6. The van der Waals surface area contributed by atoms with Crippen LogP contribution in [-0.4, -0.2) is 49.4 Å². The monoisotopic (exact) mass is 321 g/mol. The Labute approximate surface area is 119 Å². The van der Waals surface area contributed by atoms with E-state index in [0.717, 1.165) is 4.90 Å². The molecule has 1 amide bonds. The van der Waals surface area contributed by atoms with Crippen LogP contribution in [0, 0.1) is 5.92 Å². The van der Waals surface area contributed by atoms with E-state index >= 15 is 0 Å². The van der Waals surface area contributed by atoms with Gasteiger partial charge < -0.3 is 9.15 Å². The summed E-state index contributed by atoms with van der Waals surface area (Å²) in [5.74, 6) is -3.19. The fourth-order valence-corrected chi connectivity index (χ4v) is 2.75. The smallest absolute Gasteiger partial charge is 0.396 e. The fourth-order valence-electron chi connectivity index (χ4n) is 1.96. The first-order valence-electron chi connectivity index (χ1n) is 6.03. The Balaban J connectivity index is 2.09. The van der Waals surface area contributed by atoms with Gasteiger partial charge in [-0.25, -0.2) is 4.79 Å². The highest BCUT2D eigenvalue weighted by Crippen LogP contribution is 2.25. The Bertz CT molecular complexity index is 658. The van der Waals surface area contributed by atoms with Gasteiger partial charge in [0.1, 0.15) is 0 Å². The molecule has 1 aromatic rings. The van der Waals surface area contributed by atoms with Gasteiger partial charge in [-0.3, -0.25) is 9.69 Å². The maximum atomic E-state index is 12.6. The summed E-state index contributed by atoms with van der Waals surface area (Å²) < 4.78 is 43.5. The van der Waals surface area contributed by atoms with Crippen LogP contribution in [0.2, 0.25) is 0 Å². The molecule has 1 aliphatic rings. The molecule has 0 N–H and O–H groups in total. The Morgan fingerprint density at radius 2 is 2.24 bits per heavy atom. The number of hydrogen-bond acceptors (Lipinski definition) is 8. The van der Waals surface area contributed by atoms with E-state index in [1.54, 1.807) is 6.92 Å². The van der Waals surface area contributed by atoms with Gasteiger partial charge in [0.05, 0.1) is 12.4 Å². The van der Waals surface area contributed by atoms with Crippen molar-refractivity contribution in [2.24, 2.45) is 5.92 Å². The number of amides is 1. The largest absolute Gasteiger partial charge is 0.459 e. The SMILES string of the molecule is CCOC(=O)c1nnc(N2CC(CS(=O)(=O)F)CC2=O)o1. The topological polar surface area (TPSA) is 120 Å². The van der Waals surface area contributed by atoms with Gasteiger partial charge >= 0.3 is 28.1 Å². The first-order valence-corrected chi connectivity index (χ1v) is 7.58. The number of carbonyl (C=O) groups excluding carboxylic acids is 2. The molecular weight excluding hydrogens is 309 g/mol. The third-order valence-electron chi connectivity index (χ3n) is 2.74. The first kappa shape index (κ1) is 15.4. The Morgan fingerprint density at radius 1 is 1.52 bits per heavy atom. The summed E-state index contributed by atoms with van der Waals surface area (Å²) in [6.45, 7) is 1.64. The molecule has 0 bridgehead atoms. The van der Waals surface area contributed by atoms with Crippen LogP contribution in [0.25, 0.3) is 0 Å². The van der Waals surface area contributed by atoms with Gasteiger partial charge in [-0.15, -0.1) is 3.89 Å². The normalized spacial score (nSPS) is 19.0. The zero-order chi connectivity index (χ0) is 15.6. The Morgan fingerprint density at radius 3 is 2.86 bits per heavy atom. The molecule has 116 valence electrons. The van der Waals surface area contributed by atoms with Crippen molar-refractivity contribution in [3.8, 4) is 0 Å². The molecule has 0 radical (unpaired) electrons. The maximum Gasteiger partial charge on any atom is 0.396 e. The van der Waals surface area contributed by atoms with Crippen molar-refractivity contribution in [1.29, 1.82) is 0 Å². The van der Waals surface area contributed by atoms with E-state index in [1.165, 1.54) is 0 Å². The molecule has 0 saturated carbocycles. The summed E-state index contributed by atoms with van der Waals surface area (Å²) in [6, 6.07) is -0.248. The van der Waals surface area contributed by atoms with Crippen molar-refractivity contribution in [3.63, 3.8) is 0 Å². The third-order valence-corrected chi connectivity index (χ3v) is 3.60. The zero-order valence-corrected chi connectivity index (χ0v) is 11.8. The summed E-state index contributed by atoms with van der Waals surface area (Å²) in [5, 5.41) is 6.96. The second kappa shape index (κ2) is 5.76. The van der Waals surface area contributed by atoms with Gasteiger partial charge in [-0.05, 0) is 6.92 Å². The van der Waals surface area contributed by atoms with Gasteiger partial charge in [-0.1, -0.05) is 10.2 Å². The van der Waals surface area contributed by atoms with Gasteiger partial charge in [0.15, 0.2) is 0 Å². The highest BCUT2D eigenvalue weighted by atomic mass is 32.3. The van der Waals surface area contributed by atoms with Crippen molar-refractivity contribution in [3.05, 3.63) is 5.89 Å². The van der Waals surface area contributed by atoms with Crippen molar-refractivity contribution in [1.82, 2.24) is 10.2 Å². The molecule has 1 saturated heterocycles.